The molecule has 2 amide bonds. The lowest BCUT2D eigenvalue weighted by Crippen LogP contribution is -2.19. The van der Waals surface area contributed by atoms with Crippen molar-refractivity contribution in [2.75, 3.05) is 5.32 Å². The van der Waals surface area contributed by atoms with Crippen molar-refractivity contribution < 1.29 is 32.2 Å². The van der Waals surface area contributed by atoms with Crippen LogP contribution in [-0.4, -0.2) is 43.8 Å². The third kappa shape index (κ3) is 4.71. The number of ether oxygens (including phenoxy) is 2. The smallest absolute Gasteiger partial charge is 0.424 e. The van der Waals surface area contributed by atoms with Gasteiger partial charge in [0.2, 0.25) is 11.9 Å². The molecule has 1 aliphatic carbocycles. The van der Waals surface area contributed by atoms with E-state index in [1.165, 1.54) is 28.9 Å². The molecule has 1 saturated heterocycles. The highest BCUT2D eigenvalue weighted by Gasteiger charge is 2.31. The summed E-state index contributed by atoms with van der Waals surface area (Å²) in [5, 5.41) is 9.65. The van der Waals surface area contributed by atoms with Gasteiger partial charge in [0, 0.05) is 23.2 Å². The van der Waals surface area contributed by atoms with Crippen molar-refractivity contribution in [2.24, 2.45) is 0 Å². The monoisotopic (exact) mass is 460 g/mol. The number of imide groups is 1. The number of hydrogen-bond donors (Lipinski definition) is 2. The fraction of sp³-hybridized carbons (Fsp3) is 0.250. The number of alkyl halides is 3. The van der Waals surface area contributed by atoms with Gasteiger partial charge in [-0.15, -0.1) is 13.2 Å². The fourth-order valence-corrected chi connectivity index (χ4v) is 3.18. The third-order valence-corrected chi connectivity index (χ3v) is 4.76. The summed E-state index contributed by atoms with van der Waals surface area (Å²) in [6.07, 6.45) is -0.0597. The van der Waals surface area contributed by atoms with Gasteiger partial charge in [-0.05, 0) is 31.1 Å². The number of benzene rings is 1. The Hall–Kier alpha value is -4.16. The molecule has 1 saturated carbocycles. The highest BCUT2D eigenvalue weighted by molar-refractivity contribution is 6.15. The van der Waals surface area contributed by atoms with Crippen molar-refractivity contribution >= 4 is 29.5 Å². The molecule has 2 N–H and O–H groups in total. The van der Waals surface area contributed by atoms with E-state index in [1.807, 2.05) is 0 Å². The minimum absolute atomic E-state index is 0.0265. The molecule has 13 heteroatoms. The van der Waals surface area contributed by atoms with Crippen LogP contribution in [0.1, 0.15) is 24.8 Å². The number of carbonyl (C=O) groups excluding carboxylic acids is 2. The lowest BCUT2D eigenvalue weighted by atomic mass is 10.1. The Morgan fingerprint density at radius 3 is 2.67 bits per heavy atom. The van der Waals surface area contributed by atoms with Crippen LogP contribution in [0.5, 0.6) is 17.5 Å². The molecule has 2 aromatic heterocycles. The average Bonchev–Trinajstić information content (AvgIpc) is 3.36. The Labute approximate surface area is 183 Å². The summed E-state index contributed by atoms with van der Waals surface area (Å²) in [6.45, 7) is 0. The Balaban J connectivity index is 1.51. The van der Waals surface area contributed by atoms with E-state index in [0.29, 0.717) is 11.5 Å². The highest BCUT2D eigenvalue weighted by Crippen LogP contribution is 2.30. The first-order chi connectivity index (χ1) is 15.7. The van der Waals surface area contributed by atoms with Crippen LogP contribution in [0.4, 0.5) is 19.1 Å². The largest absolute Gasteiger partial charge is 0.573 e. The Kier molecular flexibility index (Phi) is 4.87. The number of carbonyl (C=O) groups is 2. The minimum atomic E-state index is -4.84. The number of nitrogens with zero attached hydrogens (tertiary/aromatic N) is 4. The van der Waals surface area contributed by atoms with E-state index >= 15 is 0 Å². The molecule has 1 aliphatic heterocycles. The van der Waals surface area contributed by atoms with Gasteiger partial charge in [0.15, 0.2) is 5.65 Å². The summed E-state index contributed by atoms with van der Waals surface area (Å²) < 4.78 is 48.5. The Morgan fingerprint density at radius 1 is 1.18 bits per heavy atom. The van der Waals surface area contributed by atoms with Crippen LogP contribution < -0.4 is 20.1 Å². The molecular formula is C20H15F3N6O4. The van der Waals surface area contributed by atoms with E-state index in [1.54, 1.807) is 0 Å². The fourth-order valence-electron chi connectivity index (χ4n) is 3.18. The number of halogens is 3. The van der Waals surface area contributed by atoms with Gasteiger partial charge in [-0.2, -0.15) is 19.6 Å². The lowest BCUT2D eigenvalue weighted by Gasteiger charge is -2.11. The van der Waals surface area contributed by atoms with Crippen molar-refractivity contribution in [2.45, 2.75) is 31.7 Å². The summed E-state index contributed by atoms with van der Waals surface area (Å²) in [4.78, 5) is 32.0. The molecule has 3 heterocycles. The zero-order valence-corrected chi connectivity index (χ0v) is 16.7. The van der Waals surface area contributed by atoms with Gasteiger partial charge in [-0.1, -0.05) is 6.07 Å². The number of nitrogens with one attached hydrogen (secondary N) is 2. The predicted molar refractivity (Wildman–Crippen MR) is 106 cm³/mol. The molecule has 0 atom stereocenters. The molecule has 2 aliphatic rings. The molecule has 10 nitrogen and oxygen atoms in total. The summed E-state index contributed by atoms with van der Waals surface area (Å²) in [5.41, 5.74) is 0.977. The van der Waals surface area contributed by atoms with Gasteiger partial charge in [0.25, 0.3) is 5.91 Å². The zero-order chi connectivity index (χ0) is 23.2. The second-order valence-electron chi connectivity index (χ2n) is 7.43. The summed E-state index contributed by atoms with van der Waals surface area (Å²) in [5.74, 6) is -1.01. The lowest BCUT2D eigenvalue weighted by molar-refractivity contribution is -0.274. The van der Waals surface area contributed by atoms with E-state index in [2.05, 4.69) is 30.4 Å². The van der Waals surface area contributed by atoms with Crippen LogP contribution in [-0.2, 0) is 9.59 Å². The van der Waals surface area contributed by atoms with Crippen LogP contribution in [0.15, 0.2) is 36.0 Å². The molecule has 170 valence electrons. The number of anilines is 1. The van der Waals surface area contributed by atoms with Gasteiger partial charge in [0.1, 0.15) is 11.5 Å². The van der Waals surface area contributed by atoms with E-state index in [0.717, 1.165) is 25.0 Å². The summed E-state index contributed by atoms with van der Waals surface area (Å²) in [7, 11) is 0. The van der Waals surface area contributed by atoms with E-state index < -0.39 is 23.9 Å². The molecule has 0 radical (unpaired) electrons. The normalized spacial score (nSPS) is 17.5. The zero-order valence-electron chi connectivity index (χ0n) is 16.7. The van der Waals surface area contributed by atoms with E-state index in [4.69, 9.17) is 4.74 Å². The average molecular weight is 460 g/mol. The van der Waals surface area contributed by atoms with Gasteiger partial charge >= 0.3 is 12.4 Å². The second-order valence-corrected chi connectivity index (χ2v) is 7.43. The van der Waals surface area contributed by atoms with E-state index in [9.17, 15) is 22.8 Å². The first-order valence-corrected chi connectivity index (χ1v) is 9.84. The maximum atomic E-state index is 12.5. The maximum Gasteiger partial charge on any atom is 0.573 e. The van der Waals surface area contributed by atoms with Gasteiger partial charge < -0.3 is 14.8 Å². The van der Waals surface area contributed by atoms with Gasteiger partial charge in [-0.25, -0.2) is 0 Å². The summed E-state index contributed by atoms with van der Waals surface area (Å²) >= 11 is 0. The van der Waals surface area contributed by atoms with Crippen LogP contribution >= 0.6 is 0 Å². The number of hydrogen-bond acceptors (Lipinski definition) is 8. The van der Waals surface area contributed by atoms with Crippen LogP contribution in [0.25, 0.3) is 11.7 Å². The molecule has 2 fully saturated rings. The molecule has 3 aromatic rings. The molecule has 0 spiro atoms. The molecule has 1 aromatic carbocycles. The molecule has 0 bridgehead atoms. The van der Waals surface area contributed by atoms with Crippen LogP contribution in [0.2, 0.25) is 0 Å². The molecule has 5 rings (SSSR count). The maximum absolute atomic E-state index is 12.5. The van der Waals surface area contributed by atoms with Crippen molar-refractivity contribution in [1.29, 1.82) is 0 Å². The van der Waals surface area contributed by atoms with Gasteiger partial charge in [0.05, 0.1) is 12.6 Å². The predicted octanol–water partition coefficient (Wildman–Crippen LogP) is 2.82. The van der Waals surface area contributed by atoms with Crippen molar-refractivity contribution in [3.63, 3.8) is 0 Å². The number of aromatic nitrogens is 4. The quantitative estimate of drug-likeness (QED) is 0.426. The SMILES string of the molecule is O=C1C/C(=C\c2cnn3c(NC4CC4)nc(Oc4cccc(OC(F)(F)F)c4)nc23)C(=O)N1. The standard InChI is InChI=1S/C20H15F3N6O4/c21-20(22,23)33-14-3-1-2-13(8-14)32-19-27-16-11(6-10-7-15(30)26-17(10)31)9-24-29(16)18(28-19)25-12-4-5-12/h1-3,6,8-9,12H,4-5,7H2,(H,25,27,28)(H,26,30,31)/b10-6+. The first kappa shape index (κ1) is 20.7. The Bertz CT molecular complexity index is 1300. The van der Waals surface area contributed by atoms with Gasteiger partial charge in [-0.3, -0.25) is 14.9 Å². The summed E-state index contributed by atoms with van der Waals surface area (Å²) in [6, 6.07) is 5.01. The van der Waals surface area contributed by atoms with Crippen molar-refractivity contribution in [3.8, 4) is 17.5 Å². The van der Waals surface area contributed by atoms with E-state index in [-0.39, 0.29) is 35.4 Å². The number of fused-ring (bicyclic) bond motifs is 1. The van der Waals surface area contributed by atoms with Crippen LogP contribution in [0, 0.1) is 0 Å². The molecule has 0 unspecified atom stereocenters. The second kappa shape index (κ2) is 7.76. The van der Waals surface area contributed by atoms with Crippen molar-refractivity contribution in [1.82, 2.24) is 24.9 Å². The molecular weight excluding hydrogens is 445 g/mol. The van der Waals surface area contributed by atoms with Crippen LogP contribution in [0.3, 0.4) is 0 Å². The third-order valence-electron chi connectivity index (χ3n) is 4.76. The first-order valence-electron chi connectivity index (χ1n) is 9.84. The van der Waals surface area contributed by atoms with Crippen molar-refractivity contribution in [3.05, 3.63) is 41.6 Å². The number of rotatable bonds is 6. The minimum Gasteiger partial charge on any atom is -0.424 e. The highest BCUT2D eigenvalue weighted by atomic mass is 19.4. The topological polar surface area (TPSA) is 120 Å². The molecule has 33 heavy (non-hydrogen) atoms. The Morgan fingerprint density at radius 2 is 1.97 bits per heavy atom. The number of amides is 2.